The maximum absolute atomic E-state index is 10.6. The first kappa shape index (κ1) is 8.57. The lowest BCUT2D eigenvalue weighted by Gasteiger charge is -2.14. The van der Waals surface area contributed by atoms with Gasteiger partial charge in [0.1, 0.15) is 0 Å². The Hall–Kier alpha value is -0.530. The van der Waals surface area contributed by atoms with E-state index in [0.29, 0.717) is 0 Å². The molecule has 1 N–H and O–H groups in total. The first-order valence-electron chi connectivity index (χ1n) is 4.44. The average molecular weight is 155 g/mol. The highest BCUT2D eigenvalue weighted by atomic mass is 16.1. The van der Waals surface area contributed by atoms with E-state index in [0.717, 1.165) is 18.4 Å². The third-order valence-electron chi connectivity index (χ3n) is 2.65. The van der Waals surface area contributed by atoms with Crippen LogP contribution in [0.25, 0.3) is 0 Å². The molecule has 0 heterocycles. The molecule has 1 rings (SSSR count). The summed E-state index contributed by atoms with van der Waals surface area (Å²) < 4.78 is 0. The molecule has 0 bridgehead atoms. The van der Waals surface area contributed by atoms with Crippen LogP contribution in [-0.2, 0) is 4.79 Å². The minimum absolute atomic E-state index is 0.101. The van der Waals surface area contributed by atoms with Crippen LogP contribution < -0.4 is 5.32 Å². The molecule has 0 aromatic carbocycles. The summed E-state index contributed by atoms with van der Waals surface area (Å²) >= 11 is 0. The van der Waals surface area contributed by atoms with Crippen LogP contribution in [0.4, 0.5) is 0 Å². The average Bonchev–Trinajstić information content (AvgIpc) is 2.31. The first-order valence-corrected chi connectivity index (χ1v) is 4.44. The summed E-state index contributed by atoms with van der Waals surface area (Å²) in [5.74, 6) is 1.64. The number of hydrogen-bond acceptors (Lipinski definition) is 1. The molecule has 1 saturated carbocycles. The van der Waals surface area contributed by atoms with E-state index in [1.165, 1.54) is 19.3 Å². The molecule has 64 valence electrons. The highest BCUT2D eigenvalue weighted by Crippen LogP contribution is 2.30. The van der Waals surface area contributed by atoms with Gasteiger partial charge in [-0.15, -0.1) is 0 Å². The zero-order valence-corrected chi connectivity index (χ0v) is 7.39. The molecular formula is C9H17NO. The topological polar surface area (TPSA) is 29.1 Å². The lowest BCUT2D eigenvalue weighted by molar-refractivity contribution is -0.119. The van der Waals surface area contributed by atoms with Gasteiger partial charge in [0.05, 0.1) is 0 Å². The number of nitrogens with one attached hydrogen (secondary N) is 1. The molecule has 0 aromatic heterocycles. The molecule has 2 atom stereocenters. The van der Waals surface area contributed by atoms with E-state index < -0.39 is 0 Å². The van der Waals surface area contributed by atoms with Crippen molar-refractivity contribution in [3.63, 3.8) is 0 Å². The van der Waals surface area contributed by atoms with Crippen molar-refractivity contribution in [1.29, 1.82) is 0 Å². The molecule has 1 fully saturated rings. The fourth-order valence-corrected chi connectivity index (χ4v) is 1.80. The third-order valence-corrected chi connectivity index (χ3v) is 2.65. The number of carbonyl (C=O) groups is 1. The molecule has 2 nitrogen and oxygen atoms in total. The van der Waals surface area contributed by atoms with Gasteiger partial charge in [0.2, 0.25) is 5.91 Å². The Labute approximate surface area is 68.4 Å². The van der Waals surface area contributed by atoms with E-state index >= 15 is 0 Å². The molecule has 0 radical (unpaired) electrons. The molecule has 0 unspecified atom stereocenters. The summed E-state index contributed by atoms with van der Waals surface area (Å²) in [5, 5.41) is 2.88. The second-order valence-electron chi connectivity index (χ2n) is 3.61. The Balaban J connectivity index is 2.20. The van der Waals surface area contributed by atoms with Crippen LogP contribution in [0.3, 0.4) is 0 Å². The fourth-order valence-electron chi connectivity index (χ4n) is 1.80. The largest absolute Gasteiger partial charge is 0.356 e. The molecule has 0 aliphatic heterocycles. The van der Waals surface area contributed by atoms with Crippen LogP contribution in [-0.4, -0.2) is 12.5 Å². The monoisotopic (exact) mass is 155 g/mol. The third kappa shape index (κ3) is 2.52. The van der Waals surface area contributed by atoms with Crippen LogP contribution in [0.2, 0.25) is 0 Å². The lowest BCUT2D eigenvalue weighted by Crippen LogP contribution is -2.27. The van der Waals surface area contributed by atoms with Gasteiger partial charge in [-0.1, -0.05) is 19.8 Å². The SMILES string of the molecule is CC(=O)NC[C@H]1CCC[C@H]1C. The van der Waals surface area contributed by atoms with Crippen molar-refractivity contribution in [2.75, 3.05) is 6.54 Å². The van der Waals surface area contributed by atoms with E-state index in [-0.39, 0.29) is 5.91 Å². The van der Waals surface area contributed by atoms with Gasteiger partial charge in [-0.2, -0.15) is 0 Å². The first-order chi connectivity index (χ1) is 5.20. The van der Waals surface area contributed by atoms with Crippen molar-refractivity contribution in [2.24, 2.45) is 11.8 Å². The second kappa shape index (κ2) is 3.74. The Morgan fingerprint density at radius 1 is 1.55 bits per heavy atom. The Bertz CT molecular complexity index is 144. The van der Waals surface area contributed by atoms with Crippen LogP contribution in [0.15, 0.2) is 0 Å². The molecule has 11 heavy (non-hydrogen) atoms. The van der Waals surface area contributed by atoms with Gasteiger partial charge in [-0.25, -0.2) is 0 Å². The van der Waals surface area contributed by atoms with Crippen molar-refractivity contribution >= 4 is 5.91 Å². The number of hydrogen-bond donors (Lipinski definition) is 1. The molecule has 1 aliphatic carbocycles. The number of carbonyl (C=O) groups excluding carboxylic acids is 1. The Morgan fingerprint density at radius 3 is 2.73 bits per heavy atom. The standard InChI is InChI=1S/C9H17NO/c1-7-4-3-5-9(7)6-10-8(2)11/h7,9H,3-6H2,1-2H3,(H,10,11)/t7-,9-/m1/s1. The van der Waals surface area contributed by atoms with E-state index in [1.54, 1.807) is 6.92 Å². The van der Waals surface area contributed by atoms with Crippen LogP contribution in [0.1, 0.15) is 33.1 Å². The highest BCUT2D eigenvalue weighted by Gasteiger charge is 2.22. The lowest BCUT2D eigenvalue weighted by atomic mass is 9.98. The van der Waals surface area contributed by atoms with Gasteiger partial charge in [-0.3, -0.25) is 4.79 Å². The number of amides is 1. The summed E-state index contributed by atoms with van der Waals surface area (Å²) in [6.45, 7) is 4.75. The van der Waals surface area contributed by atoms with Crippen LogP contribution >= 0.6 is 0 Å². The van der Waals surface area contributed by atoms with Crippen molar-refractivity contribution < 1.29 is 4.79 Å². The minimum atomic E-state index is 0.101. The molecule has 0 spiro atoms. The van der Waals surface area contributed by atoms with E-state index in [1.807, 2.05) is 0 Å². The predicted molar refractivity (Wildman–Crippen MR) is 45.2 cm³/mol. The normalized spacial score (nSPS) is 30.4. The Kier molecular flexibility index (Phi) is 2.92. The summed E-state index contributed by atoms with van der Waals surface area (Å²) in [7, 11) is 0. The molecule has 1 aliphatic rings. The van der Waals surface area contributed by atoms with Crippen LogP contribution in [0.5, 0.6) is 0 Å². The summed E-state index contributed by atoms with van der Waals surface area (Å²) in [6, 6.07) is 0. The smallest absolute Gasteiger partial charge is 0.216 e. The summed E-state index contributed by atoms with van der Waals surface area (Å²) in [6.07, 6.45) is 3.97. The fraction of sp³-hybridized carbons (Fsp3) is 0.889. The molecule has 1 amide bonds. The molecular weight excluding hydrogens is 138 g/mol. The van der Waals surface area contributed by atoms with Crippen molar-refractivity contribution in [3.8, 4) is 0 Å². The predicted octanol–water partition coefficient (Wildman–Crippen LogP) is 1.56. The highest BCUT2D eigenvalue weighted by molar-refractivity contribution is 5.72. The van der Waals surface area contributed by atoms with Gasteiger partial charge >= 0.3 is 0 Å². The Morgan fingerprint density at radius 2 is 2.27 bits per heavy atom. The van der Waals surface area contributed by atoms with Gasteiger partial charge < -0.3 is 5.32 Å². The number of rotatable bonds is 2. The van der Waals surface area contributed by atoms with Gasteiger partial charge in [0, 0.05) is 13.5 Å². The molecule has 0 saturated heterocycles. The van der Waals surface area contributed by atoms with E-state index in [2.05, 4.69) is 12.2 Å². The molecule has 0 aromatic rings. The maximum atomic E-state index is 10.6. The summed E-state index contributed by atoms with van der Waals surface area (Å²) in [4.78, 5) is 10.6. The van der Waals surface area contributed by atoms with Crippen molar-refractivity contribution in [1.82, 2.24) is 5.32 Å². The summed E-state index contributed by atoms with van der Waals surface area (Å²) in [5.41, 5.74) is 0. The zero-order chi connectivity index (χ0) is 8.27. The van der Waals surface area contributed by atoms with Crippen molar-refractivity contribution in [2.45, 2.75) is 33.1 Å². The molecule has 2 heteroatoms. The van der Waals surface area contributed by atoms with E-state index in [9.17, 15) is 4.79 Å². The maximum Gasteiger partial charge on any atom is 0.216 e. The van der Waals surface area contributed by atoms with Crippen LogP contribution in [0, 0.1) is 11.8 Å². The van der Waals surface area contributed by atoms with Gasteiger partial charge in [-0.05, 0) is 18.3 Å². The second-order valence-corrected chi connectivity index (χ2v) is 3.61. The quantitative estimate of drug-likeness (QED) is 0.644. The van der Waals surface area contributed by atoms with Gasteiger partial charge in [0.15, 0.2) is 0 Å². The zero-order valence-electron chi connectivity index (χ0n) is 7.39. The minimum Gasteiger partial charge on any atom is -0.356 e. The van der Waals surface area contributed by atoms with E-state index in [4.69, 9.17) is 0 Å². The van der Waals surface area contributed by atoms with Gasteiger partial charge in [0.25, 0.3) is 0 Å². The van der Waals surface area contributed by atoms with Crippen molar-refractivity contribution in [3.05, 3.63) is 0 Å².